The molecule has 4 N–H and O–H groups in total. The Morgan fingerprint density at radius 3 is 2.20 bits per heavy atom. The van der Waals surface area contributed by atoms with Gasteiger partial charge in [0.15, 0.2) is 0 Å². The molecule has 3 amide bonds. The molecular weight excluding hydrogens is 928 g/mol. The predicted octanol–water partition coefficient (Wildman–Crippen LogP) is 8.78. The first-order valence-electron chi connectivity index (χ1n) is 23.4. The zero-order valence-corrected chi connectivity index (χ0v) is 40.7. The zero-order chi connectivity index (χ0) is 50.1. The summed E-state index contributed by atoms with van der Waals surface area (Å²) in [5.41, 5.74) is 6.02. The molecule has 0 spiro atoms. The third kappa shape index (κ3) is 16.8. The van der Waals surface area contributed by atoms with Gasteiger partial charge in [0.25, 0.3) is 0 Å². The molecule has 1 fully saturated rings. The van der Waals surface area contributed by atoms with E-state index in [-0.39, 0.29) is 37.8 Å². The number of carbonyl (C=O) groups excluding carboxylic acids is 3. The Hall–Kier alpha value is -6.15. The van der Waals surface area contributed by atoms with Gasteiger partial charge in [-0.2, -0.15) is 0 Å². The Labute approximate surface area is 410 Å². The number of carbonyl (C=O) groups is 3. The van der Waals surface area contributed by atoms with Gasteiger partial charge < -0.3 is 44.9 Å². The number of amides is 3. The number of unbranched alkanes of at least 4 members (excludes halogenated alkanes) is 4. The zero-order valence-electron chi connectivity index (χ0n) is 39.9. The van der Waals surface area contributed by atoms with Gasteiger partial charge in [-0.05, 0) is 98.4 Å². The van der Waals surface area contributed by atoms with Gasteiger partial charge in [0, 0.05) is 56.6 Å². The first-order valence-corrected chi connectivity index (χ1v) is 24.3. The van der Waals surface area contributed by atoms with Gasteiger partial charge in [-0.1, -0.05) is 57.2 Å². The van der Waals surface area contributed by atoms with E-state index in [1.807, 2.05) is 81.7 Å². The van der Waals surface area contributed by atoms with Crippen LogP contribution in [0.1, 0.15) is 77.0 Å². The average Bonchev–Trinajstić information content (AvgIpc) is 3.95. The number of aryl methyl sites for hydroxylation is 1. The molecule has 1 aliphatic heterocycles. The molecule has 5 aromatic rings. The van der Waals surface area contributed by atoms with Crippen molar-refractivity contribution in [3.05, 3.63) is 102 Å². The van der Waals surface area contributed by atoms with Crippen LogP contribution in [0.4, 0.5) is 24.7 Å². The minimum absolute atomic E-state index is 0.00852. The molecule has 0 bridgehead atoms. The number of aliphatic hydroxyl groups is 1. The van der Waals surface area contributed by atoms with Crippen LogP contribution in [0.3, 0.4) is 0 Å². The van der Waals surface area contributed by atoms with Crippen molar-refractivity contribution in [3.8, 4) is 33.2 Å². The molecule has 0 saturated carbocycles. The normalized spacial score (nSPS) is 15.3. The van der Waals surface area contributed by atoms with Crippen LogP contribution < -0.4 is 25.4 Å². The molecule has 15 nitrogen and oxygen atoms in total. The number of ether oxygens (including phenoxy) is 4. The lowest BCUT2D eigenvalue weighted by Crippen LogP contribution is -2.58. The summed E-state index contributed by atoms with van der Waals surface area (Å²) in [5.74, 6) is -0.381. The highest BCUT2D eigenvalue weighted by Gasteiger charge is 2.44. The summed E-state index contributed by atoms with van der Waals surface area (Å²) in [5, 5.41) is 19.4. The fraction of sp³-hybridized carbons (Fsp3) is 0.451. The molecule has 3 heterocycles. The van der Waals surface area contributed by atoms with Crippen LogP contribution in [-0.4, -0.2) is 107 Å². The Morgan fingerprint density at radius 1 is 0.829 bits per heavy atom. The number of nitrogens with one attached hydrogen (secondary N) is 3. The van der Waals surface area contributed by atoms with Gasteiger partial charge >= 0.3 is 6.36 Å². The van der Waals surface area contributed by atoms with E-state index in [0.717, 1.165) is 65.8 Å². The van der Waals surface area contributed by atoms with Crippen molar-refractivity contribution >= 4 is 40.6 Å². The fourth-order valence-electron chi connectivity index (χ4n) is 7.72. The average molecular weight is 990 g/mol. The van der Waals surface area contributed by atoms with Crippen LogP contribution in [-0.2, 0) is 30.4 Å². The molecule has 3 atom stereocenters. The van der Waals surface area contributed by atoms with Crippen molar-refractivity contribution in [2.75, 3.05) is 44.9 Å². The van der Waals surface area contributed by atoms with E-state index in [9.17, 15) is 32.7 Å². The third-order valence-corrected chi connectivity index (χ3v) is 12.4. The van der Waals surface area contributed by atoms with E-state index in [0.29, 0.717) is 49.4 Å². The number of nitrogens with zero attached hydrogens (tertiary/aromatic N) is 4. The highest BCUT2D eigenvalue weighted by atomic mass is 32.1. The third-order valence-electron chi connectivity index (χ3n) is 11.4. The number of anilines is 2. The molecule has 376 valence electrons. The Bertz CT molecular complexity index is 2450. The van der Waals surface area contributed by atoms with Crippen molar-refractivity contribution in [1.29, 1.82) is 0 Å². The summed E-state index contributed by atoms with van der Waals surface area (Å²) in [4.78, 5) is 55.7. The maximum Gasteiger partial charge on any atom is 0.573 e. The number of aromatic nitrogens is 3. The molecule has 0 aliphatic carbocycles. The summed E-state index contributed by atoms with van der Waals surface area (Å²) in [6, 6.07) is 20.7. The SMILES string of the molecule is Cc1ncsc1-c1ccc(CNC(=O)[C@@H]2C[C@@H](O)CN2C(=O)C(NC(=O)COCCCCCOCCCCCOc2cccc(-c3cc(Nc4ccc(OC(F)(F)F)cc4)ncn3)c2)C(C)(C)C)cc1. The monoisotopic (exact) mass is 989 g/mol. The molecule has 2 aromatic heterocycles. The van der Waals surface area contributed by atoms with Crippen molar-refractivity contribution in [2.24, 2.45) is 5.41 Å². The lowest BCUT2D eigenvalue weighted by Gasteiger charge is -2.35. The number of rotatable bonds is 25. The van der Waals surface area contributed by atoms with Gasteiger partial charge in [-0.25, -0.2) is 15.0 Å². The summed E-state index contributed by atoms with van der Waals surface area (Å²) in [6.45, 7) is 9.69. The molecule has 1 saturated heterocycles. The molecule has 1 aliphatic rings. The van der Waals surface area contributed by atoms with Gasteiger partial charge in [-0.15, -0.1) is 24.5 Å². The predicted molar refractivity (Wildman–Crippen MR) is 260 cm³/mol. The van der Waals surface area contributed by atoms with Gasteiger partial charge in [0.1, 0.15) is 42.3 Å². The van der Waals surface area contributed by atoms with Gasteiger partial charge in [-0.3, -0.25) is 14.4 Å². The van der Waals surface area contributed by atoms with Crippen LogP contribution in [0.25, 0.3) is 21.7 Å². The topological polar surface area (TPSA) is 186 Å². The minimum atomic E-state index is -4.76. The summed E-state index contributed by atoms with van der Waals surface area (Å²) in [7, 11) is 0. The number of aliphatic hydroxyl groups excluding tert-OH is 1. The summed E-state index contributed by atoms with van der Waals surface area (Å²) in [6.07, 6.45) is 1.01. The number of alkyl halides is 3. The molecular formula is C51H62F3N7O8S. The van der Waals surface area contributed by atoms with Crippen LogP contribution in [0.5, 0.6) is 11.5 Å². The van der Waals surface area contributed by atoms with E-state index in [1.165, 1.54) is 35.5 Å². The highest BCUT2D eigenvalue weighted by Crippen LogP contribution is 2.30. The van der Waals surface area contributed by atoms with Crippen molar-refractivity contribution in [3.63, 3.8) is 0 Å². The maximum atomic E-state index is 13.9. The number of β-amino-alcohol motifs (C(OH)–C–C–N with tert-alkyl or cyclic N) is 1. The van der Waals surface area contributed by atoms with E-state index < -0.39 is 41.8 Å². The molecule has 3 aromatic carbocycles. The molecule has 1 unspecified atom stereocenters. The fourth-order valence-corrected chi connectivity index (χ4v) is 8.54. The maximum absolute atomic E-state index is 13.9. The summed E-state index contributed by atoms with van der Waals surface area (Å²) < 4.78 is 58.8. The Balaban J connectivity index is 0.805. The number of thiazole rings is 1. The van der Waals surface area contributed by atoms with E-state index in [4.69, 9.17) is 14.2 Å². The lowest BCUT2D eigenvalue weighted by atomic mass is 9.85. The van der Waals surface area contributed by atoms with Crippen LogP contribution in [0.15, 0.2) is 90.7 Å². The Morgan fingerprint density at radius 2 is 1.53 bits per heavy atom. The first kappa shape index (κ1) is 53.2. The number of likely N-dealkylation sites (tertiary alicyclic amines) is 1. The van der Waals surface area contributed by atoms with E-state index in [1.54, 1.807) is 17.4 Å². The van der Waals surface area contributed by atoms with Crippen LogP contribution in [0, 0.1) is 12.3 Å². The quantitative estimate of drug-likeness (QED) is 0.0408. The van der Waals surface area contributed by atoms with Gasteiger partial charge in [0.2, 0.25) is 17.7 Å². The molecule has 0 radical (unpaired) electrons. The first-order chi connectivity index (χ1) is 33.5. The van der Waals surface area contributed by atoms with Gasteiger partial charge in [0.05, 0.1) is 34.5 Å². The number of halogens is 3. The summed E-state index contributed by atoms with van der Waals surface area (Å²) >= 11 is 1.57. The second-order valence-electron chi connectivity index (χ2n) is 18.1. The number of hydrogen-bond acceptors (Lipinski definition) is 13. The number of hydrogen-bond donors (Lipinski definition) is 4. The Kier molecular flexibility index (Phi) is 19.5. The number of benzene rings is 3. The molecule has 19 heteroatoms. The molecule has 6 rings (SSSR count). The largest absolute Gasteiger partial charge is 0.573 e. The van der Waals surface area contributed by atoms with Crippen molar-refractivity contribution in [2.45, 2.75) is 104 Å². The van der Waals surface area contributed by atoms with Crippen LogP contribution in [0.2, 0.25) is 0 Å². The molecule has 70 heavy (non-hydrogen) atoms. The minimum Gasteiger partial charge on any atom is -0.494 e. The smallest absolute Gasteiger partial charge is 0.494 e. The second kappa shape index (κ2) is 25.6. The van der Waals surface area contributed by atoms with Crippen molar-refractivity contribution < 1.29 is 51.6 Å². The lowest BCUT2D eigenvalue weighted by molar-refractivity contribution is -0.274. The highest BCUT2D eigenvalue weighted by molar-refractivity contribution is 7.13. The standard InChI is InChI=1S/C51H62F3N7O8S/c1-34-46(70-33-58-34)36-16-14-35(15-17-36)29-55-48(64)43-27-39(62)30-61(43)49(65)47(50(2,3)4)60-45(63)31-67-24-9-5-7-22-66-23-8-6-10-25-68-41-13-11-12-37(26-41)42-28-44(57-32-56-42)59-38-18-20-40(21-19-38)69-51(52,53)54/h11-21,26,28,32-33,39,43,47,62H,5-10,22-25,27,29-31H2,1-4H3,(H,55,64)(H,60,63)(H,56,57,59)/t39-,43+,47?/m1/s1. The van der Waals surface area contributed by atoms with E-state index >= 15 is 0 Å². The van der Waals surface area contributed by atoms with Crippen LogP contribution >= 0.6 is 11.3 Å². The second-order valence-corrected chi connectivity index (χ2v) is 18.9. The van der Waals surface area contributed by atoms with Crippen molar-refractivity contribution in [1.82, 2.24) is 30.5 Å². The van der Waals surface area contributed by atoms with E-state index in [2.05, 4.69) is 35.6 Å².